The molecule has 142 valence electrons. The molecule has 4 rings (SSSR count). The second-order valence-corrected chi connectivity index (χ2v) is 8.09. The first-order valence-electron chi connectivity index (χ1n) is 10.00. The number of hydrogen-bond acceptors (Lipinski definition) is 4. The smallest absolute Gasteiger partial charge is 0.317 e. The first-order chi connectivity index (χ1) is 12.7. The predicted molar refractivity (Wildman–Crippen MR) is 99.8 cm³/mol. The van der Waals surface area contributed by atoms with Gasteiger partial charge in [-0.2, -0.15) is 0 Å². The van der Waals surface area contributed by atoms with Crippen LogP contribution in [-0.2, 0) is 4.74 Å². The van der Waals surface area contributed by atoms with Crippen LogP contribution in [0.5, 0.6) is 0 Å². The molecule has 3 aliphatic rings. The molecule has 0 aromatic carbocycles. The third-order valence-corrected chi connectivity index (χ3v) is 5.75. The van der Waals surface area contributed by atoms with Crippen molar-refractivity contribution in [2.45, 2.75) is 50.8 Å². The molecule has 3 unspecified atom stereocenters. The van der Waals surface area contributed by atoms with Crippen LogP contribution in [0.25, 0.3) is 0 Å². The lowest BCUT2D eigenvalue weighted by molar-refractivity contribution is 0.00127. The van der Waals surface area contributed by atoms with E-state index < -0.39 is 0 Å². The molecule has 1 N–H and O–H groups in total. The van der Waals surface area contributed by atoms with E-state index in [1.165, 1.54) is 12.8 Å². The molecule has 3 fully saturated rings. The summed E-state index contributed by atoms with van der Waals surface area (Å²) in [5, 5.41) is 3.26. The Bertz CT molecular complexity index is 607. The summed E-state index contributed by atoms with van der Waals surface area (Å²) < 4.78 is 5.89. The minimum Gasteiger partial charge on any atom is -0.373 e. The van der Waals surface area contributed by atoms with Crippen LogP contribution >= 0.6 is 0 Å². The first kappa shape index (κ1) is 17.7. The summed E-state index contributed by atoms with van der Waals surface area (Å²) in [7, 11) is 0. The van der Waals surface area contributed by atoms with Crippen molar-refractivity contribution in [1.82, 2.24) is 20.1 Å². The maximum Gasteiger partial charge on any atom is 0.317 e. The topological polar surface area (TPSA) is 57.7 Å². The second kappa shape index (κ2) is 7.92. The Hall–Kier alpha value is -1.66. The van der Waals surface area contributed by atoms with Crippen LogP contribution in [0.1, 0.15) is 44.3 Å². The van der Waals surface area contributed by atoms with Gasteiger partial charge in [-0.15, -0.1) is 0 Å². The van der Waals surface area contributed by atoms with E-state index in [2.05, 4.69) is 22.1 Å². The second-order valence-electron chi connectivity index (χ2n) is 8.09. The van der Waals surface area contributed by atoms with Crippen LogP contribution in [0, 0.1) is 5.92 Å². The minimum absolute atomic E-state index is 0.0242. The van der Waals surface area contributed by atoms with Crippen molar-refractivity contribution in [3.63, 3.8) is 0 Å². The van der Waals surface area contributed by atoms with Crippen LogP contribution in [0.3, 0.4) is 0 Å². The van der Waals surface area contributed by atoms with Gasteiger partial charge >= 0.3 is 6.03 Å². The van der Waals surface area contributed by atoms with Gasteiger partial charge in [0.15, 0.2) is 0 Å². The number of nitrogens with zero attached hydrogens (tertiary/aromatic N) is 3. The quantitative estimate of drug-likeness (QED) is 0.902. The van der Waals surface area contributed by atoms with E-state index in [0.29, 0.717) is 12.5 Å². The third kappa shape index (κ3) is 4.35. The van der Waals surface area contributed by atoms with E-state index in [1.807, 2.05) is 23.2 Å². The van der Waals surface area contributed by atoms with Crippen LogP contribution in [0.4, 0.5) is 4.79 Å². The fourth-order valence-corrected chi connectivity index (χ4v) is 4.21. The molecule has 1 aromatic rings. The summed E-state index contributed by atoms with van der Waals surface area (Å²) in [6.07, 6.45) is 8.01. The largest absolute Gasteiger partial charge is 0.373 e. The Kier molecular flexibility index (Phi) is 5.41. The van der Waals surface area contributed by atoms with Crippen molar-refractivity contribution < 1.29 is 9.53 Å². The van der Waals surface area contributed by atoms with Gasteiger partial charge < -0.3 is 15.0 Å². The zero-order valence-corrected chi connectivity index (χ0v) is 15.6. The Morgan fingerprint density at radius 3 is 2.92 bits per heavy atom. The van der Waals surface area contributed by atoms with Gasteiger partial charge in [-0.1, -0.05) is 13.0 Å². The Morgan fingerprint density at radius 2 is 2.15 bits per heavy atom. The highest BCUT2D eigenvalue weighted by Crippen LogP contribution is 2.29. The summed E-state index contributed by atoms with van der Waals surface area (Å²) in [6, 6.07) is 5.01. The molecule has 2 amide bonds. The van der Waals surface area contributed by atoms with Crippen molar-refractivity contribution in [2.24, 2.45) is 5.92 Å². The standard InChI is InChI=1S/C20H30N4O2/c1-15-13-23(18-4-5-18)8-9-24(14-15)20(25)22-17-6-10-26-19(11-17)16-3-2-7-21-12-16/h2-3,7,12,15,17-19H,4-6,8-11,13-14H2,1H3,(H,22,25). The molecular formula is C20H30N4O2. The molecule has 1 aromatic heterocycles. The number of nitrogens with one attached hydrogen (secondary N) is 1. The number of aromatic nitrogens is 1. The lowest BCUT2D eigenvalue weighted by Gasteiger charge is -2.32. The zero-order valence-electron chi connectivity index (χ0n) is 15.6. The zero-order chi connectivity index (χ0) is 17.9. The molecule has 0 radical (unpaired) electrons. The van der Waals surface area contributed by atoms with Gasteiger partial charge in [0.1, 0.15) is 0 Å². The average molecular weight is 358 g/mol. The van der Waals surface area contributed by atoms with Gasteiger partial charge in [0.25, 0.3) is 0 Å². The van der Waals surface area contributed by atoms with Gasteiger partial charge in [0.05, 0.1) is 6.10 Å². The number of amides is 2. The van der Waals surface area contributed by atoms with Crippen LogP contribution < -0.4 is 5.32 Å². The number of hydrogen-bond donors (Lipinski definition) is 1. The van der Waals surface area contributed by atoms with E-state index in [-0.39, 0.29) is 18.2 Å². The van der Waals surface area contributed by atoms with Gasteiger partial charge in [-0.3, -0.25) is 9.88 Å². The van der Waals surface area contributed by atoms with Crippen molar-refractivity contribution in [3.8, 4) is 0 Å². The fourth-order valence-electron chi connectivity index (χ4n) is 4.21. The number of carbonyl (C=O) groups excluding carboxylic acids is 1. The van der Waals surface area contributed by atoms with Crippen molar-refractivity contribution in [2.75, 3.05) is 32.8 Å². The summed E-state index contributed by atoms with van der Waals surface area (Å²) in [5.74, 6) is 0.529. The van der Waals surface area contributed by atoms with E-state index in [4.69, 9.17) is 4.74 Å². The van der Waals surface area contributed by atoms with Crippen molar-refractivity contribution in [3.05, 3.63) is 30.1 Å². The van der Waals surface area contributed by atoms with Gasteiger partial charge in [0.2, 0.25) is 0 Å². The SMILES string of the molecule is CC1CN(C(=O)NC2CCOC(c3cccnc3)C2)CCN(C2CC2)C1. The molecule has 0 spiro atoms. The molecule has 6 nitrogen and oxygen atoms in total. The summed E-state index contributed by atoms with van der Waals surface area (Å²) in [4.78, 5) is 21.6. The maximum atomic E-state index is 12.8. The molecule has 1 aliphatic carbocycles. The van der Waals surface area contributed by atoms with Crippen LogP contribution in [0.2, 0.25) is 0 Å². The highest BCUT2D eigenvalue weighted by Gasteiger charge is 2.33. The molecule has 2 saturated heterocycles. The van der Waals surface area contributed by atoms with E-state index in [1.54, 1.807) is 6.20 Å². The highest BCUT2D eigenvalue weighted by molar-refractivity contribution is 5.74. The molecule has 1 saturated carbocycles. The lowest BCUT2D eigenvalue weighted by Crippen LogP contribution is -2.48. The monoisotopic (exact) mass is 358 g/mol. The number of pyridine rings is 1. The maximum absolute atomic E-state index is 12.8. The average Bonchev–Trinajstić information content (AvgIpc) is 3.50. The Morgan fingerprint density at radius 1 is 1.27 bits per heavy atom. The summed E-state index contributed by atoms with van der Waals surface area (Å²) in [6.45, 7) is 6.75. The first-order valence-corrected chi connectivity index (χ1v) is 10.00. The summed E-state index contributed by atoms with van der Waals surface area (Å²) >= 11 is 0. The van der Waals surface area contributed by atoms with E-state index >= 15 is 0 Å². The molecule has 26 heavy (non-hydrogen) atoms. The molecule has 6 heteroatoms. The Balaban J connectivity index is 1.32. The molecule has 0 bridgehead atoms. The third-order valence-electron chi connectivity index (χ3n) is 5.75. The highest BCUT2D eigenvalue weighted by atomic mass is 16.5. The summed E-state index contributed by atoms with van der Waals surface area (Å²) in [5.41, 5.74) is 1.09. The van der Waals surface area contributed by atoms with Crippen molar-refractivity contribution in [1.29, 1.82) is 0 Å². The van der Waals surface area contributed by atoms with Crippen molar-refractivity contribution >= 4 is 6.03 Å². The number of rotatable bonds is 3. The van der Waals surface area contributed by atoms with E-state index in [9.17, 15) is 4.79 Å². The number of carbonyl (C=O) groups is 1. The lowest BCUT2D eigenvalue weighted by atomic mass is 9.99. The Labute approximate surface area is 155 Å². The minimum atomic E-state index is 0.0242. The van der Waals surface area contributed by atoms with E-state index in [0.717, 1.165) is 50.6 Å². The fraction of sp³-hybridized carbons (Fsp3) is 0.700. The van der Waals surface area contributed by atoms with Gasteiger partial charge in [-0.05, 0) is 43.2 Å². The normalized spacial score (nSPS) is 30.7. The predicted octanol–water partition coefficient (Wildman–Crippen LogP) is 2.43. The van der Waals surface area contributed by atoms with Crippen LogP contribution in [-0.4, -0.2) is 65.7 Å². The molecule has 2 aliphatic heterocycles. The molecular weight excluding hydrogens is 328 g/mol. The number of ether oxygens (including phenoxy) is 1. The van der Waals surface area contributed by atoms with Gasteiger partial charge in [-0.25, -0.2) is 4.79 Å². The molecule has 3 atom stereocenters. The van der Waals surface area contributed by atoms with Gasteiger partial charge in [0, 0.05) is 57.3 Å². The number of urea groups is 1. The van der Waals surface area contributed by atoms with Crippen LogP contribution in [0.15, 0.2) is 24.5 Å². The molecule has 3 heterocycles.